The number of esters is 1. The van der Waals surface area contributed by atoms with Crippen molar-refractivity contribution in [3.05, 3.63) is 48.0 Å². The minimum Gasteiger partial charge on any atom is -0.469 e. The number of piperidine rings is 1. The number of carbonyl (C=O) groups is 3. The summed E-state index contributed by atoms with van der Waals surface area (Å²) in [6.07, 6.45) is 2.40. The average Bonchev–Trinajstić information content (AvgIpc) is 2.75. The molecule has 2 aromatic rings. The lowest BCUT2D eigenvalue weighted by Gasteiger charge is -2.32. The predicted molar refractivity (Wildman–Crippen MR) is 107 cm³/mol. The molecule has 148 valence electrons. The number of likely N-dealkylation sites (tertiary alicyclic amines) is 1. The predicted octanol–water partition coefficient (Wildman–Crippen LogP) is 2.76. The molecule has 1 fully saturated rings. The van der Waals surface area contributed by atoms with Gasteiger partial charge in [0.05, 0.1) is 13.0 Å². The van der Waals surface area contributed by atoms with Crippen molar-refractivity contribution in [2.45, 2.75) is 25.7 Å². The summed E-state index contributed by atoms with van der Waals surface area (Å²) in [5, 5.41) is 4.84. The third-order valence-electron chi connectivity index (χ3n) is 5.18. The van der Waals surface area contributed by atoms with Crippen LogP contribution in [0.2, 0.25) is 0 Å². The van der Waals surface area contributed by atoms with Crippen LogP contribution in [-0.4, -0.2) is 49.4 Å². The van der Waals surface area contributed by atoms with E-state index in [0.717, 1.165) is 23.6 Å². The Labute approximate surface area is 164 Å². The molecule has 28 heavy (non-hydrogen) atoms. The second kappa shape index (κ2) is 9.35. The second-order valence-corrected chi connectivity index (χ2v) is 7.09. The van der Waals surface area contributed by atoms with Gasteiger partial charge in [0.25, 0.3) is 5.91 Å². The molecule has 0 bridgehead atoms. The molecule has 1 N–H and O–H groups in total. The van der Waals surface area contributed by atoms with E-state index >= 15 is 0 Å². The van der Waals surface area contributed by atoms with Gasteiger partial charge in [0.15, 0.2) is 0 Å². The number of rotatable bonds is 6. The van der Waals surface area contributed by atoms with Crippen molar-refractivity contribution in [2.24, 2.45) is 5.92 Å². The lowest BCUT2D eigenvalue weighted by atomic mass is 9.95. The smallest absolute Gasteiger partial charge is 0.305 e. The molecule has 0 aliphatic carbocycles. The van der Waals surface area contributed by atoms with Crippen molar-refractivity contribution >= 4 is 28.6 Å². The van der Waals surface area contributed by atoms with E-state index in [4.69, 9.17) is 0 Å². The zero-order valence-electron chi connectivity index (χ0n) is 16.1. The first kappa shape index (κ1) is 19.9. The highest BCUT2D eigenvalue weighted by Crippen LogP contribution is 2.23. The van der Waals surface area contributed by atoms with E-state index in [2.05, 4.69) is 10.1 Å². The third kappa shape index (κ3) is 4.68. The number of hydrogen-bond donors (Lipinski definition) is 1. The van der Waals surface area contributed by atoms with Crippen LogP contribution in [0, 0.1) is 5.92 Å². The molecular formula is C22H26N2O4. The molecular weight excluding hydrogens is 356 g/mol. The lowest BCUT2D eigenvalue weighted by Crippen LogP contribution is -2.45. The number of amides is 2. The highest BCUT2D eigenvalue weighted by atomic mass is 16.5. The SMILES string of the molecule is COC(=O)CCCNC(=O)C1CCCN(C(=O)c2cccc3ccccc23)C1. The Morgan fingerprint density at radius 1 is 1.14 bits per heavy atom. The molecule has 0 aromatic heterocycles. The van der Waals surface area contributed by atoms with E-state index in [1.165, 1.54) is 7.11 Å². The lowest BCUT2D eigenvalue weighted by molar-refractivity contribution is -0.140. The molecule has 3 rings (SSSR count). The van der Waals surface area contributed by atoms with Crippen LogP contribution in [0.5, 0.6) is 0 Å². The molecule has 1 aliphatic rings. The number of fused-ring (bicyclic) bond motifs is 1. The maximum absolute atomic E-state index is 13.1. The van der Waals surface area contributed by atoms with Gasteiger partial charge in [0.1, 0.15) is 0 Å². The molecule has 6 nitrogen and oxygen atoms in total. The van der Waals surface area contributed by atoms with E-state index in [1.54, 1.807) is 4.90 Å². The van der Waals surface area contributed by atoms with Crippen LogP contribution in [0.1, 0.15) is 36.0 Å². The fourth-order valence-electron chi connectivity index (χ4n) is 3.65. The van der Waals surface area contributed by atoms with Crippen LogP contribution >= 0.6 is 0 Å². The molecule has 1 atom stereocenters. The summed E-state index contributed by atoms with van der Waals surface area (Å²) in [5.74, 6) is -0.579. The zero-order valence-corrected chi connectivity index (χ0v) is 16.1. The van der Waals surface area contributed by atoms with Crippen LogP contribution in [0.15, 0.2) is 42.5 Å². The molecule has 0 saturated carbocycles. The van der Waals surface area contributed by atoms with E-state index in [9.17, 15) is 14.4 Å². The van der Waals surface area contributed by atoms with Gasteiger partial charge >= 0.3 is 5.97 Å². The Morgan fingerprint density at radius 3 is 2.75 bits per heavy atom. The van der Waals surface area contributed by atoms with Crippen LogP contribution in [-0.2, 0) is 14.3 Å². The largest absolute Gasteiger partial charge is 0.469 e. The Morgan fingerprint density at radius 2 is 1.93 bits per heavy atom. The van der Waals surface area contributed by atoms with Crippen LogP contribution in [0.25, 0.3) is 10.8 Å². The van der Waals surface area contributed by atoms with Crippen molar-refractivity contribution < 1.29 is 19.1 Å². The van der Waals surface area contributed by atoms with Crippen molar-refractivity contribution in [3.8, 4) is 0 Å². The van der Waals surface area contributed by atoms with Crippen molar-refractivity contribution in [3.63, 3.8) is 0 Å². The van der Waals surface area contributed by atoms with Crippen molar-refractivity contribution in [1.82, 2.24) is 10.2 Å². The van der Waals surface area contributed by atoms with Gasteiger partial charge in [-0.1, -0.05) is 36.4 Å². The van der Waals surface area contributed by atoms with Gasteiger partial charge in [-0.25, -0.2) is 0 Å². The number of benzene rings is 2. The van der Waals surface area contributed by atoms with Crippen molar-refractivity contribution in [2.75, 3.05) is 26.7 Å². The summed E-state index contributed by atoms with van der Waals surface area (Å²) < 4.78 is 4.59. The van der Waals surface area contributed by atoms with Crippen LogP contribution in [0.4, 0.5) is 0 Å². The minimum atomic E-state index is -0.279. The fourth-order valence-corrected chi connectivity index (χ4v) is 3.65. The van der Waals surface area contributed by atoms with E-state index in [0.29, 0.717) is 31.6 Å². The maximum Gasteiger partial charge on any atom is 0.305 e. The van der Waals surface area contributed by atoms with Gasteiger partial charge < -0.3 is 15.0 Å². The number of carbonyl (C=O) groups excluding carboxylic acids is 3. The van der Waals surface area contributed by atoms with Gasteiger partial charge in [-0.2, -0.15) is 0 Å². The van der Waals surface area contributed by atoms with Gasteiger partial charge in [-0.3, -0.25) is 14.4 Å². The molecule has 0 spiro atoms. The monoisotopic (exact) mass is 382 g/mol. The van der Waals surface area contributed by atoms with Gasteiger partial charge in [0.2, 0.25) is 5.91 Å². The summed E-state index contributed by atoms with van der Waals surface area (Å²) in [5.41, 5.74) is 0.678. The minimum absolute atomic E-state index is 0.0278. The van der Waals surface area contributed by atoms with Crippen molar-refractivity contribution in [1.29, 1.82) is 0 Å². The quantitative estimate of drug-likeness (QED) is 0.616. The molecule has 0 radical (unpaired) electrons. The second-order valence-electron chi connectivity index (χ2n) is 7.09. The molecule has 1 unspecified atom stereocenters. The summed E-state index contributed by atoms with van der Waals surface area (Å²) in [6.45, 7) is 1.51. The Bertz CT molecular complexity index is 859. The third-order valence-corrected chi connectivity index (χ3v) is 5.18. The molecule has 1 heterocycles. The van der Waals surface area contributed by atoms with Crippen LogP contribution in [0.3, 0.4) is 0 Å². The van der Waals surface area contributed by atoms with E-state index < -0.39 is 0 Å². The van der Waals surface area contributed by atoms with Gasteiger partial charge in [-0.05, 0) is 36.1 Å². The molecule has 2 aromatic carbocycles. The van der Waals surface area contributed by atoms with Crippen LogP contribution < -0.4 is 5.32 Å². The fraction of sp³-hybridized carbons (Fsp3) is 0.409. The number of nitrogens with one attached hydrogen (secondary N) is 1. The van der Waals surface area contributed by atoms with Gasteiger partial charge in [-0.15, -0.1) is 0 Å². The normalized spacial score (nSPS) is 16.6. The first-order valence-electron chi connectivity index (χ1n) is 9.71. The number of methoxy groups -OCH3 is 1. The number of ether oxygens (including phenoxy) is 1. The molecule has 2 amide bonds. The first-order valence-corrected chi connectivity index (χ1v) is 9.71. The first-order chi connectivity index (χ1) is 13.6. The maximum atomic E-state index is 13.1. The summed E-state index contributed by atoms with van der Waals surface area (Å²) in [6, 6.07) is 13.6. The van der Waals surface area contributed by atoms with E-state index in [-0.39, 0.29) is 30.1 Å². The number of hydrogen-bond acceptors (Lipinski definition) is 4. The topological polar surface area (TPSA) is 75.7 Å². The average molecular weight is 382 g/mol. The van der Waals surface area contributed by atoms with Gasteiger partial charge in [0, 0.05) is 31.6 Å². The molecule has 1 saturated heterocycles. The van der Waals surface area contributed by atoms with E-state index in [1.807, 2.05) is 42.5 Å². The summed E-state index contributed by atoms with van der Waals surface area (Å²) >= 11 is 0. The molecule has 1 aliphatic heterocycles. The Kier molecular flexibility index (Phi) is 6.63. The summed E-state index contributed by atoms with van der Waals surface area (Å²) in [7, 11) is 1.35. The highest BCUT2D eigenvalue weighted by Gasteiger charge is 2.29. The molecule has 6 heteroatoms. The standard InChI is InChI=1S/C22H26N2O4/c1-28-20(25)12-5-13-23-21(26)17-9-6-14-24(15-17)22(27)19-11-4-8-16-7-2-3-10-18(16)19/h2-4,7-8,10-11,17H,5-6,9,12-15H2,1H3,(H,23,26). The zero-order chi connectivity index (χ0) is 19.9. The summed E-state index contributed by atoms with van der Waals surface area (Å²) in [4.78, 5) is 38.5. The number of nitrogens with zero attached hydrogens (tertiary/aromatic N) is 1. The Balaban J connectivity index is 1.60. The highest BCUT2D eigenvalue weighted by molar-refractivity contribution is 6.07. The Hall–Kier alpha value is -2.89.